The van der Waals surface area contributed by atoms with Crippen molar-refractivity contribution < 1.29 is 22.3 Å². The monoisotopic (exact) mass is 526 g/mol. The third-order valence-electron chi connectivity index (χ3n) is 3.59. The SMILES string of the molecule is CCNC(=NCc1ccnc(OCC(F)(F)F)c1)NCCc1ccccc1F.I. The Morgan fingerprint density at radius 3 is 2.62 bits per heavy atom. The number of ether oxygens (including phenoxy) is 1. The van der Waals surface area contributed by atoms with Gasteiger partial charge >= 0.3 is 6.18 Å². The summed E-state index contributed by atoms with van der Waals surface area (Å²) in [5, 5.41) is 6.17. The molecule has 2 N–H and O–H groups in total. The molecule has 0 saturated heterocycles. The highest BCUT2D eigenvalue weighted by Crippen LogP contribution is 2.17. The van der Waals surface area contributed by atoms with Crippen molar-refractivity contribution >= 4 is 29.9 Å². The Hall–Kier alpha value is -2.11. The van der Waals surface area contributed by atoms with Gasteiger partial charge in [-0.2, -0.15) is 13.2 Å². The Kier molecular flexibility index (Phi) is 10.7. The van der Waals surface area contributed by atoms with Gasteiger partial charge in [0.25, 0.3) is 0 Å². The van der Waals surface area contributed by atoms with Crippen LogP contribution in [0, 0.1) is 5.82 Å². The van der Waals surface area contributed by atoms with Gasteiger partial charge in [-0.05, 0) is 36.6 Å². The van der Waals surface area contributed by atoms with Gasteiger partial charge in [-0.15, -0.1) is 24.0 Å². The number of rotatable bonds is 8. The molecule has 0 unspecified atom stereocenters. The number of hydrogen-bond donors (Lipinski definition) is 2. The predicted molar refractivity (Wildman–Crippen MR) is 114 cm³/mol. The molecule has 0 radical (unpaired) electrons. The molecule has 0 bridgehead atoms. The molecule has 0 aliphatic heterocycles. The minimum atomic E-state index is -4.42. The topological polar surface area (TPSA) is 58.5 Å². The lowest BCUT2D eigenvalue weighted by Gasteiger charge is -2.12. The van der Waals surface area contributed by atoms with E-state index in [1.54, 1.807) is 24.3 Å². The lowest BCUT2D eigenvalue weighted by atomic mass is 10.1. The number of aliphatic imine (C=N–C) groups is 1. The number of hydrogen-bond acceptors (Lipinski definition) is 3. The number of guanidine groups is 1. The molecular weight excluding hydrogens is 503 g/mol. The number of aromatic nitrogens is 1. The maximum atomic E-state index is 13.6. The normalized spacial score (nSPS) is 11.6. The molecule has 1 aromatic carbocycles. The molecule has 29 heavy (non-hydrogen) atoms. The van der Waals surface area contributed by atoms with Crippen molar-refractivity contribution in [1.29, 1.82) is 0 Å². The first-order valence-corrected chi connectivity index (χ1v) is 8.77. The van der Waals surface area contributed by atoms with Crippen LogP contribution in [-0.4, -0.2) is 36.8 Å². The van der Waals surface area contributed by atoms with Gasteiger partial charge < -0.3 is 15.4 Å². The Morgan fingerprint density at radius 1 is 1.17 bits per heavy atom. The van der Waals surface area contributed by atoms with Crippen LogP contribution in [0.15, 0.2) is 47.6 Å². The summed E-state index contributed by atoms with van der Waals surface area (Å²) in [4.78, 5) is 8.14. The van der Waals surface area contributed by atoms with Crippen LogP contribution >= 0.6 is 24.0 Å². The second-order valence-corrected chi connectivity index (χ2v) is 5.87. The number of halogens is 5. The van der Waals surface area contributed by atoms with Gasteiger partial charge in [-0.3, -0.25) is 0 Å². The fraction of sp³-hybridized carbons (Fsp3) is 0.368. The van der Waals surface area contributed by atoms with Gasteiger partial charge in [0.05, 0.1) is 6.54 Å². The maximum Gasteiger partial charge on any atom is 0.422 e. The van der Waals surface area contributed by atoms with Crippen LogP contribution in [0.5, 0.6) is 5.88 Å². The fourth-order valence-corrected chi connectivity index (χ4v) is 2.31. The van der Waals surface area contributed by atoms with Crippen LogP contribution in [0.2, 0.25) is 0 Å². The minimum Gasteiger partial charge on any atom is -0.468 e. The molecule has 2 rings (SSSR count). The Balaban J connectivity index is 0.00000420. The van der Waals surface area contributed by atoms with Crippen LogP contribution in [0.3, 0.4) is 0 Å². The van der Waals surface area contributed by atoms with Crippen molar-refractivity contribution in [2.24, 2.45) is 4.99 Å². The third kappa shape index (κ3) is 9.77. The molecule has 0 aliphatic rings. The average molecular weight is 526 g/mol. The molecule has 0 spiro atoms. The van der Waals surface area contributed by atoms with E-state index in [9.17, 15) is 17.6 Å². The number of pyridine rings is 1. The molecular formula is C19H23F4IN4O. The second-order valence-electron chi connectivity index (χ2n) is 5.87. The highest BCUT2D eigenvalue weighted by Gasteiger charge is 2.28. The van der Waals surface area contributed by atoms with Crippen molar-refractivity contribution in [3.8, 4) is 5.88 Å². The summed E-state index contributed by atoms with van der Waals surface area (Å²) in [6.45, 7) is 1.83. The zero-order chi connectivity index (χ0) is 20.4. The molecule has 160 valence electrons. The Morgan fingerprint density at radius 2 is 1.93 bits per heavy atom. The standard InChI is InChI=1S/C19H22F4N4O.HI/c1-2-24-18(26-10-8-15-5-3-4-6-16(15)20)27-12-14-7-9-25-17(11-14)28-13-19(21,22)23;/h3-7,9,11H,2,8,10,12-13H2,1H3,(H2,24,26,27);1H. The first kappa shape index (κ1) is 24.9. The minimum absolute atomic E-state index is 0. The molecule has 1 heterocycles. The molecule has 0 aliphatic carbocycles. The van der Waals surface area contributed by atoms with Crippen molar-refractivity contribution in [3.63, 3.8) is 0 Å². The van der Waals surface area contributed by atoms with Gasteiger partial charge in [-0.25, -0.2) is 14.4 Å². The summed E-state index contributed by atoms with van der Waals surface area (Å²) >= 11 is 0. The van der Waals surface area contributed by atoms with E-state index in [0.29, 0.717) is 36.6 Å². The second kappa shape index (κ2) is 12.5. The number of nitrogens with one attached hydrogen (secondary N) is 2. The lowest BCUT2D eigenvalue weighted by Crippen LogP contribution is -2.38. The smallest absolute Gasteiger partial charge is 0.422 e. The van der Waals surface area contributed by atoms with Crippen molar-refractivity contribution in [1.82, 2.24) is 15.6 Å². The molecule has 0 fully saturated rings. The summed E-state index contributed by atoms with van der Waals surface area (Å²) in [6, 6.07) is 9.61. The fourth-order valence-electron chi connectivity index (χ4n) is 2.31. The highest BCUT2D eigenvalue weighted by molar-refractivity contribution is 14.0. The summed E-state index contributed by atoms with van der Waals surface area (Å²) < 4.78 is 55.0. The van der Waals surface area contributed by atoms with E-state index in [1.807, 2.05) is 6.92 Å². The summed E-state index contributed by atoms with van der Waals surface area (Å²) in [7, 11) is 0. The van der Waals surface area contributed by atoms with E-state index in [1.165, 1.54) is 18.3 Å². The van der Waals surface area contributed by atoms with E-state index >= 15 is 0 Å². The molecule has 2 aromatic rings. The van der Waals surface area contributed by atoms with E-state index < -0.39 is 12.8 Å². The predicted octanol–water partition coefficient (Wildman–Crippen LogP) is 4.08. The van der Waals surface area contributed by atoms with Crippen LogP contribution in [0.25, 0.3) is 0 Å². The van der Waals surface area contributed by atoms with E-state index in [-0.39, 0.29) is 42.2 Å². The number of nitrogens with zero attached hydrogens (tertiary/aromatic N) is 2. The molecule has 1 aromatic heterocycles. The summed E-state index contributed by atoms with van der Waals surface area (Å²) in [6.07, 6.45) is -2.56. The highest BCUT2D eigenvalue weighted by atomic mass is 127. The summed E-state index contributed by atoms with van der Waals surface area (Å²) in [5.74, 6) is 0.158. The zero-order valence-electron chi connectivity index (χ0n) is 15.8. The molecule has 0 amide bonds. The van der Waals surface area contributed by atoms with E-state index in [2.05, 4.69) is 25.3 Å². The van der Waals surface area contributed by atoms with Gasteiger partial charge in [-0.1, -0.05) is 18.2 Å². The lowest BCUT2D eigenvalue weighted by molar-refractivity contribution is -0.154. The van der Waals surface area contributed by atoms with Gasteiger partial charge in [0.1, 0.15) is 5.82 Å². The molecule has 10 heteroatoms. The van der Waals surface area contributed by atoms with Crippen LogP contribution in [-0.2, 0) is 13.0 Å². The van der Waals surface area contributed by atoms with E-state index in [0.717, 1.165) is 0 Å². The summed E-state index contributed by atoms with van der Waals surface area (Å²) in [5.41, 5.74) is 1.25. The zero-order valence-corrected chi connectivity index (χ0v) is 18.1. The maximum absolute atomic E-state index is 13.6. The average Bonchev–Trinajstić information content (AvgIpc) is 2.66. The van der Waals surface area contributed by atoms with Crippen LogP contribution < -0.4 is 15.4 Å². The quantitative estimate of drug-likeness (QED) is 0.236. The third-order valence-corrected chi connectivity index (χ3v) is 3.59. The van der Waals surface area contributed by atoms with Gasteiger partial charge in [0.2, 0.25) is 5.88 Å². The van der Waals surface area contributed by atoms with E-state index in [4.69, 9.17) is 0 Å². The number of benzene rings is 1. The number of alkyl halides is 3. The molecule has 0 atom stereocenters. The van der Waals surface area contributed by atoms with Crippen molar-refractivity contribution in [2.75, 3.05) is 19.7 Å². The van der Waals surface area contributed by atoms with Gasteiger partial charge in [0, 0.05) is 25.4 Å². The van der Waals surface area contributed by atoms with Gasteiger partial charge in [0.15, 0.2) is 12.6 Å². The Labute approximate surface area is 184 Å². The van der Waals surface area contributed by atoms with Crippen LogP contribution in [0.1, 0.15) is 18.1 Å². The van der Waals surface area contributed by atoms with Crippen molar-refractivity contribution in [2.45, 2.75) is 26.1 Å². The largest absolute Gasteiger partial charge is 0.468 e. The molecule has 0 saturated carbocycles. The van der Waals surface area contributed by atoms with Crippen LogP contribution in [0.4, 0.5) is 17.6 Å². The first-order chi connectivity index (χ1) is 13.4. The van der Waals surface area contributed by atoms with Crippen molar-refractivity contribution in [3.05, 3.63) is 59.5 Å². The first-order valence-electron chi connectivity index (χ1n) is 8.77. The Bertz CT molecular complexity index is 787. The molecule has 5 nitrogen and oxygen atoms in total.